The summed E-state index contributed by atoms with van der Waals surface area (Å²) in [6, 6.07) is 8.31. The van der Waals surface area contributed by atoms with Crippen LogP contribution in [0.4, 0.5) is 4.39 Å². The fraction of sp³-hybridized carbons (Fsp3) is 0.235. The van der Waals surface area contributed by atoms with Gasteiger partial charge in [-0.25, -0.2) is 4.39 Å². The topological polar surface area (TPSA) is 26.3 Å². The van der Waals surface area contributed by atoms with E-state index in [0.29, 0.717) is 16.9 Å². The van der Waals surface area contributed by atoms with Crippen LogP contribution in [0, 0.1) is 26.6 Å². The fourth-order valence-electron chi connectivity index (χ4n) is 2.37. The molecule has 0 heterocycles. The van der Waals surface area contributed by atoms with Gasteiger partial charge in [0.05, 0.1) is 12.7 Å². The molecule has 0 amide bonds. The molecule has 0 N–H and O–H groups in total. The van der Waals surface area contributed by atoms with E-state index in [-0.39, 0.29) is 11.3 Å². The third kappa shape index (κ3) is 2.57. The van der Waals surface area contributed by atoms with Crippen LogP contribution >= 0.6 is 0 Å². The molecule has 3 heteroatoms. The van der Waals surface area contributed by atoms with Gasteiger partial charge in [-0.1, -0.05) is 6.07 Å². The van der Waals surface area contributed by atoms with E-state index in [1.54, 1.807) is 32.2 Å². The molecule has 0 radical (unpaired) electrons. The molecule has 104 valence electrons. The highest BCUT2D eigenvalue weighted by atomic mass is 19.1. The average molecular weight is 272 g/mol. The van der Waals surface area contributed by atoms with E-state index in [1.165, 1.54) is 6.07 Å². The highest BCUT2D eigenvalue weighted by molar-refractivity contribution is 6.10. The number of carbonyl (C=O) groups excluding carboxylic acids is 1. The molecule has 0 aliphatic rings. The molecule has 0 fully saturated rings. The molecule has 0 saturated heterocycles. The molecule has 0 spiro atoms. The first-order chi connectivity index (χ1) is 9.43. The maximum absolute atomic E-state index is 14.0. The number of ether oxygens (including phenoxy) is 1. The van der Waals surface area contributed by atoms with Crippen molar-refractivity contribution >= 4 is 5.78 Å². The molecule has 0 aliphatic heterocycles. The summed E-state index contributed by atoms with van der Waals surface area (Å²) >= 11 is 0. The third-order valence-electron chi connectivity index (χ3n) is 3.32. The molecule has 0 aromatic heterocycles. The molecule has 0 bridgehead atoms. The van der Waals surface area contributed by atoms with Gasteiger partial charge in [0.15, 0.2) is 5.78 Å². The van der Waals surface area contributed by atoms with E-state index in [2.05, 4.69) is 0 Å². The molecule has 20 heavy (non-hydrogen) atoms. The first-order valence-electron chi connectivity index (χ1n) is 6.40. The van der Waals surface area contributed by atoms with E-state index in [1.807, 2.05) is 19.9 Å². The summed E-state index contributed by atoms with van der Waals surface area (Å²) in [4.78, 5) is 12.5. The van der Waals surface area contributed by atoms with Gasteiger partial charge in [-0.2, -0.15) is 0 Å². The molecule has 2 nitrogen and oxygen atoms in total. The minimum atomic E-state index is -0.471. The maximum atomic E-state index is 14.0. The van der Waals surface area contributed by atoms with Gasteiger partial charge in [0.2, 0.25) is 0 Å². The van der Waals surface area contributed by atoms with Crippen LogP contribution in [0.3, 0.4) is 0 Å². The van der Waals surface area contributed by atoms with Gasteiger partial charge in [0.25, 0.3) is 0 Å². The summed E-state index contributed by atoms with van der Waals surface area (Å²) in [5.74, 6) is -0.0608. The first-order valence-corrected chi connectivity index (χ1v) is 6.40. The lowest BCUT2D eigenvalue weighted by atomic mass is 9.96. The number of methoxy groups -OCH3 is 1. The number of halogens is 1. The van der Waals surface area contributed by atoms with Gasteiger partial charge < -0.3 is 4.74 Å². The Balaban J connectivity index is 2.49. The van der Waals surface area contributed by atoms with Gasteiger partial charge >= 0.3 is 0 Å². The van der Waals surface area contributed by atoms with E-state index < -0.39 is 5.82 Å². The Morgan fingerprint density at radius 3 is 2.30 bits per heavy atom. The predicted molar refractivity (Wildman–Crippen MR) is 77.0 cm³/mol. The fourth-order valence-corrected chi connectivity index (χ4v) is 2.37. The van der Waals surface area contributed by atoms with Gasteiger partial charge in [0.1, 0.15) is 11.6 Å². The summed E-state index contributed by atoms with van der Waals surface area (Å²) < 4.78 is 19.2. The van der Waals surface area contributed by atoms with Crippen molar-refractivity contribution in [2.24, 2.45) is 0 Å². The van der Waals surface area contributed by atoms with E-state index in [0.717, 1.165) is 11.1 Å². The highest BCUT2D eigenvalue weighted by Gasteiger charge is 2.18. The standard InChI is InChI=1S/C17H17FO2/c1-10-7-12(3)16(14(18)8-10)17(19)13-5-6-15(20-4)11(2)9-13/h5-9H,1-4H3. The Labute approximate surface area is 118 Å². The molecular formula is C17H17FO2. The predicted octanol–water partition coefficient (Wildman–Crippen LogP) is 3.99. The van der Waals surface area contributed by atoms with Gasteiger partial charge in [-0.15, -0.1) is 0 Å². The molecule has 0 unspecified atom stereocenters. The second kappa shape index (κ2) is 5.45. The number of benzene rings is 2. The molecule has 0 aliphatic carbocycles. The van der Waals surface area contributed by atoms with Crippen LogP contribution in [-0.4, -0.2) is 12.9 Å². The van der Waals surface area contributed by atoms with Crippen LogP contribution in [-0.2, 0) is 0 Å². The second-order valence-electron chi connectivity index (χ2n) is 4.95. The van der Waals surface area contributed by atoms with Crippen LogP contribution < -0.4 is 4.74 Å². The minimum Gasteiger partial charge on any atom is -0.496 e. The summed E-state index contributed by atoms with van der Waals surface area (Å²) in [5.41, 5.74) is 2.92. The van der Waals surface area contributed by atoms with Crippen molar-refractivity contribution in [1.29, 1.82) is 0 Å². The van der Waals surface area contributed by atoms with Crippen molar-refractivity contribution in [3.8, 4) is 5.75 Å². The lowest BCUT2D eigenvalue weighted by Crippen LogP contribution is -2.08. The van der Waals surface area contributed by atoms with Gasteiger partial charge in [-0.05, 0) is 61.7 Å². The van der Waals surface area contributed by atoms with Gasteiger partial charge in [0, 0.05) is 5.56 Å². The van der Waals surface area contributed by atoms with Crippen molar-refractivity contribution in [1.82, 2.24) is 0 Å². The Morgan fingerprint density at radius 1 is 1.05 bits per heavy atom. The van der Waals surface area contributed by atoms with E-state index >= 15 is 0 Å². The third-order valence-corrected chi connectivity index (χ3v) is 3.32. The summed E-state index contributed by atoms with van der Waals surface area (Å²) in [5, 5.41) is 0. The van der Waals surface area contributed by atoms with Crippen LogP contribution in [0.5, 0.6) is 5.75 Å². The summed E-state index contributed by atoms with van der Waals surface area (Å²) in [7, 11) is 1.58. The smallest absolute Gasteiger partial charge is 0.196 e. The number of ketones is 1. The molecule has 0 saturated carbocycles. The molecule has 2 aromatic carbocycles. The molecule has 0 atom stereocenters. The van der Waals surface area contributed by atoms with Crippen molar-refractivity contribution < 1.29 is 13.9 Å². The Bertz CT molecular complexity index is 652. The zero-order valence-electron chi connectivity index (χ0n) is 12.1. The van der Waals surface area contributed by atoms with Crippen LogP contribution in [0.25, 0.3) is 0 Å². The largest absolute Gasteiger partial charge is 0.496 e. The van der Waals surface area contributed by atoms with Crippen molar-refractivity contribution in [2.45, 2.75) is 20.8 Å². The number of rotatable bonds is 3. The average Bonchev–Trinajstić information content (AvgIpc) is 2.37. The minimum absolute atomic E-state index is 0.139. The number of aryl methyl sites for hydroxylation is 3. The van der Waals surface area contributed by atoms with Crippen LogP contribution in [0.15, 0.2) is 30.3 Å². The number of hydrogen-bond acceptors (Lipinski definition) is 2. The number of carbonyl (C=O) groups is 1. The molecule has 2 rings (SSSR count). The van der Waals surface area contributed by atoms with Crippen molar-refractivity contribution in [3.63, 3.8) is 0 Å². The van der Waals surface area contributed by atoms with Crippen molar-refractivity contribution in [3.05, 3.63) is 64.0 Å². The first kappa shape index (κ1) is 14.3. The summed E-state index contributed by atoms with van der Waals surface area (Å²) in [6.07, 6.45) is 0. The van der Waals surface area contributed by atoms with E-state index in [9.17, 15) is 9.18 Å². The normalized spacial score (nSPS) is 10.4. The highest BCUT2D eigenvalue weighted by Crippen LogP contribution is 2.23. The monoisotopic (exact) mass is 272 g/mol. The Hall–Kier alpha value is -2.16. The Kier molecular flexibility index (Phi) is 3.89. The Morgan fingerprint density at radius 2 is 1.75 bits per heavy atom. The number of hydrogen-bond donors (Lipinski definition) is 0. The quantitative estimate of drug-likeness (QED) is 0.790. The van der Waals surface area contributed by atoms with E-state index in [4.69, 9.17) is 4.74 Å². The lowest BCUT2D eigenvalue weighted by Gasteiger charge is -2.10. The second-order valence-corrected chi connectivity index (χ2v) is 4.95. The zero-order chi connectivity index (χ0) is 14.9. The van der Waals surface area contributed by atoms with Crippen molar-refractivity contribution in [2.75, 3.05) is 7.11 Å². The van der Waals surface area contributed by atoms with Crippen LogP contribution in [0.1, 0.15) is 32.6 Å². The zero-order valence-corrected chi connectivity index (χ0v) is 12.1. The lowest BCUT2D eigenvalue weighted by molar-refractivity contribution is 0.103. The molecular weight excluding hydrogens is 255 g/mol. The van der Waals surface area contributed by atoms with Gasteiger partial charge in [-0.3, -0.25) is 4.79 Å². The summed E-state index contributed by atoms with van der Waals surface area (Å²) in [6.45, 7) is 5.41. The van der Waals surface area contributed by atoms with Crippen LogP contribution in [0.2, 0.25) is 0 Å². The SMILES string of the molecule is COc1ccc(C(=O)c2c(C)cc(C)cc2F)cc1C. The maximum Gasteiger partial charge on any atom is 0.196 e. The molecule has 2 aromatic rings.